The summed E-state index contributed by atoms with van der Waals surface area (Å²) in [5.74, 6) is 19.4. The molecule has 0 aliphatic heterocycles. The quantitative estimate of drug-likeness (QED) is 0.371. The summed E-state index contributed by atoms with van der Waals surface area (Å²) in [5.41, 5.74) is 6.49. The lowest BCUT2D eigenvalue weighted by Crippen LogP contribution is -2.71. The molecule has 0 amide bonds. The summed E-state index contributed by atoms with van der Waals surface area (Å²) < 4.78 is 0. The molecule has 0 aromatic heterocycles. The van der Waals surface area contributed by atoms with Crippen molar-refractivity contribution in [2.75, 3.05) is 0 Å². The van der Waals surface area contributed by atoms with Crippen molar-refractivity contribution < 1.29 is 0 Å². The van der Waals surface area contributed by atoms with Crippen LogP contribution in [0.3, 0.4) is 0 Å². The molecule has 8 saturated carbocycles. The van der Waals surface area contributed by atoms with E-state index in [1.165, 1.54) is 81.8 Å². The van der Waals surface area contributed by atoms with Gasteiger partial charge in [0.15, 0.2) is 0 Å². The maximum atomic E-state index is 3.64. The Morgan fingerprint density at radius 3 is 1.42 bits per heavy atom. The first-order chi connectivity index (χ1) is 18.6. The molecule has 8 aliphatic carbocycles. The van der Waals surface area contributed by atoms with Gasteiger partial charge in [0.2, 0.25) is 0 Å². The average molecular weight is 499 g/mol. The number of benzene rings is 2. The van der Waals surface area contributed by atoms with E-state index in [1.807, 2.05) is 13.8 Å². The van der Waals surface area contributed by atoms with Crippen LogP contribution in [-0.2, 0) is 5.41 Å². The predicted molar refractivity (Wildman–Crippen MR) is 155 cm³/mol. The smallest absolute Gasteiger partial charge is 0.0317 e. The van der Waals surface area contributed by atoms with Gasteiger partial charge in [-0.2, -0.15) is 0 Å². The zero-order chi connectivity index (χ0) is 25.5. The van der Waals surface area contributed by atoms with Crippen LogP contribution < -0.4 is 0 Å². The summed E-state index contributed by atoms with van der Waals surface area (Å²) in [4.78, 5) is 0. The molecule has 2 atom stereocenters. The number of hydrogen-bond acceptors (Lipinski definition) is 0. The van der Waals surface area contributed by atoms with Gasteiger partial charge in [-0.05, 0) is 154 Å². The van der Waals surface area contributed by atoms with E-state index in [2.05, 4.69) is 72.2 Å². The van der Waals surface area contributed by atoms with Gasteiger partial charge in [0.25, 0.3) is 0 Å². The molecule has 2 aromatic carbocycles. The third-order valence-electron chi connectivity index (χ3n) is 12.8. The number of hydrogen-bond donors (Lipinski definition) is 0. The Kier molecular flexibility index (Phi) is 5.11. The van der Waals surface area contributed by atoms with Crippen LogP contribution in [0.1, 0.15) is 107 Å². The van der Waals surface area contributed by atoms with Crippen LogP contribution in [0, 0.1) is 70.0 Å². The monoisotopic (exact) mass is 498 g/mol. The Morgan fingerprint density at radius 2 is 0.974 bits per heavy atom. The van der Waals surface area contributed by atoms with Gasteiger partial charge in [-0.1, -0.05) is 48.2 Å². The highest BCUT2D eigenvalue weighted by atomic mass is 14.8. The molecule has 0 heterocycles. The summed E-state index contributed by atoms with van der Waals surface area (Å²) >= 11 is 0. The third-order valence-corrected chi connectivity index (χ3v) is 12.8. The lowest BCUT2D eigenvalue weighted by atomic mass is 9.27. The van der Waals surface area contributed by atoms with Gasteiger partial charge in [-0.15, -0.1) is 11.8 Å². The van der Waals surface area contributed by atoms with Gasteiger partial charge >= 0.3 is 0 Å². The first kappa shape index (κ1) is 23.4. The highest BCUT2D eigenvalue weighted by Gasteiger charge is 2.75. The minimum atomic E-state index is 0.00692. The van der Waals surface area contributed by atoms with Crippen molar-refractivity contribution in [1.82, 2.24) is 0 Å². The van der Waals surface area contributed by atoms with Gasteiger partial charge in [0.1, 0.15) is 0 Å². The van der Waals surface area contributed by atoms with Gasteiger partial charge < -0.3 is 0 Å². The molecule has 8 aliphatic rings. The van der Waals surface area contributed by atoms with Crippen molar-refractivity contribution in [3.8, 4) is 23.7 Å². The highest BCUT2D eigenvalue weighted by molar-refractivity contribution is 5.59. The second kappa shape index (κ2) is 8.28. The molecule has 10 rings (SSSR count). The molecule has 0 nitrogen and oxygen atoms in total. The van der Waals surface area contributed by atoms with Crippen molar-refractivity contribution in [2.45, 2.75) is 89.9 Å². The van der Waals surface area contributed by atoms with Crippen LogP contribution in [0.5, 0.6) is 0 Å². The molecular weight excluding hydrogens is 456 g/mol. The molecule has 8 bridgehead atoms. The largest absolute Gasteiger partial charge is 0.101 e. The second-order valence-electron chi connectivity index (χ2n) is 14.5. The first-order valence-electron chi connectivity index (χ1n) is 15.7. The Hall–Kier alpha value is -2.44. The van der Waals surface area contributed by atoms with E-state index in [0.29, 0.717) is 16.7 Å². The molecule has 2 unspecified atom stereocenters. The fourth-order valence-corrected chi connectivity index (χ4v) is 12.8. The zero-order valence-electron chi connectivity index (χ0n) is 23.4. The second-order valence-corrected chi connectivity index (χ2v) is 14.5. The number of rotatable bonds is 3. The van der Waals surface area contributed by atoms with E-state index in [4.69, 9.17) is 0 Å². The van der Waals surface area contributed by atoms with Gasteiger partial charge in [-0.3, -0.25) is 0 Å². The molecule has 0 heteroatoms. The van der Waals surface area contributed by atoms with Crippen LogP contribution in [0.2, 0.25) is 0 Å². The highest BCUT2D eigenvalue weighted by Crippen LogP contribution is 2.81. The standard InChI is InChI=1S/C38H42/c1-3-9-31-11-5-7-13-34(31)38(35-14-8-6-12-32(35)10-4-2)33-19-29-18-30(20-33)25-37(38,24-29)36-21-26-15-27(22-36)17-28(16-26)23-36/h5-8,11-14,26-30,33H,15-25H2,1-2H3. The maximum Gasteiger partial charge on any atom is 0.0317 e. The topological polar surface area (TPSA) is 0 Å². The Labute approximate surface area is 230 Å². The van der Waals surface area contributed by atoms with Gasteiger partial charge in [-0.25, -0.2) is 0 Å². The Morgan fingerprint density at radius 1 is 0.553 bits per heavy atom. The van der Waals surface area contributed by atoms with Crippen molar-refractivity contribution >= 4 is 0 Å². The third kappa shape index (κ3) is 2.91. The summed E-state index contributed by atoms with van der Waals surface area (Å²) in [6.45, 7) is 4.04. The SMILES string of the molecule is CC#Cc1ccccc1C1(c2ccccc2C#CC)C2CC3CC(C2)CC1(C12CC4CC(CC(C4)C1)C2)C3. The molecule has 2 aromatic rings. The van der Waals surface area contributed by atoms with E-state index in [0.717, 1.165) is 29.6 Å². The van der Waals surface area contributed by atoms with Crippen molar-refractivity contribution in [3.63, 3.8) is 0 Å². The van der Waals surface area contributed by atoms with Crippen molar-refractivity contribution in [1.29, 1.82) is 0 Å². The van der Waals surface area contributed by atoms with Gasteiger partial charge in [0, 0.05) is 16.5 Å². The molecule has 0 spiro atoms. The summed E-state index contributed by atoms with van der Waals surface area (Å²) in [5, 5.41) is 0. The summed E-state index contributed by atoms with van der Waals surface area (Å²) in [7, 11) is 0. The van der Waals surface area contributed by atoms with E-state index >= 15 is 0 Å². The average Bonchev–Trinajstić information content (AvgIpc) is 2.89. The van der Waals surface area contributed by atoms with Crippen LogP contribution in [-0.4, -0.2) is 0 Å². The summed E-state index contributed by atoms with van der Waals surface area (Å²) in [6.07, 6.45) is 16.2. The van der Waals surface area contributed by atoms with E-state index in [1.54, 1.807) is 11.1 Å². The first-order valence-corrected chi connectivity index (χ1v) is 15.7. The predicted octanol–water partition coefficient (Wildman–Crippen LogP) is 8.76. The van der Waals surface area contributed by atoms with E-state index in [-0.39, 0.29) is 5.41 Å². The van der Waals surface area contributed by atoms with E-state index in [9.17, 15) is 0 Å². The lowest BCUT2D eigenvalue weighted by molar-refractivity contribution is -0.234. The Bertz CT molecular complexity index is 1290. The fraction of sp³-hybridized carbons (Fsp3) is 0.579. The minimum absolute atomic E-state index is 0.00692. The minimum Gasteiger partial charge on any atom is -0.101 e. The van der Waals surface area contributed by atoms with Crippen LogP contribution in [0.4, 0.5) is 0 Å². The van der Waals surface area contributed by atoms with Crippen LogP contribution >= 0.6 is 0 Å². The zero-order valence-corrected chi connectivity index (χ0v) is 23.4. The molecule has 38 heavy (non-hydrogen) atoms. The van der Waals surface area contributed by atoms with Crippen molar-refractivity contribution in [3.05, 3.63) is 70.8 Å². The van der Waals surface area contributed by atoms with Gasteiger partial charge in [0.05, 0.1) is 0 Å². The van der Waals surface area contributed by atoms with E-state index < -0.39 is 0 Å². The maximum absolute atomic E-state index is 3.64. The van der Waals surface area contributed by atoms with Crippen LogP contribution in [0.15, 0.2) is 48.5 Å². The Balaban J connectivity index is 1.49. The van der Waals surface area contributed by atoms with Crippen LogP contribution in [0.25, 0.3) is 0 Å². The fourth-order valence-electron chi connectivity index (χ4n) is 12.8. The summed E-state index contributed by atoms with van der Waals surface area (Å²) in [6, 6.07) is 18.8. The molecule has 0 N–H and O–H groups in total. The molecule has 194 valence electrons. The molecular formula is C38H42. The molecule has 0 radical (unpaired) electrons. The lowest BCUT2D eigenvalue weighted by Gasteiger charge is -2.77. The van der Waals surface area contributed by atoms with Crippen molar-refractivity contribution in [2.24, 2.45) is 46.3 Å². The molecule has 8 fully saturated rings. The molecule has 0 saturated heterocycles. The normalized spacial score (nSPS) is 40.8.